The molecule has 23 heavy (non-hydrogen) atoms. The summed E-state index contributed by atoms with van der Waals surface area (Å²) < 4.78 is 10.9. The van der Waals surface area contributed by atoms with Gasteiger partial charge < -0.3 is 14.9 Å². The minimum atomic E-state index is -0.280. The van der Waals surface area contributed by atoms with Crippen molar-refractivity contribution in [2.75, 3.05) is 24.0 Å². The molecule has 122 valence electrons. The van der Waals surface area contributed by atoms with Crippen molar-refractivity contribution in [3.8, 4) is 11.6 Å². The Hall–Kier alpha value is -2.04. The van der Waals surface area contributed by atoms with Gasteiger partial charge in [-0.05, 0) is 28.3 Å². The number of hydrazine groups is 1. The van der Waals surface area contributed by atoms with Crippen LogP contribution in [0.25, 0.3) is 11.6 Å². The summed E-state index contributed by atoms with van der Waals surface area (Å²) in [5, 5.41) is 0.965. The van der Waals surface area contributed by atoms with E-state index in [0.29, 0.717) is 23.4 Å². The van der Waals surface area contributed by atoms with Crippen molar-refractivity contribution in [2.24, 2.45) is 11.8 Å². The first-order valence-electron chi connectivity index (χ1n) is 6.94. The second-order valence-corrected chi connectivity index (χ2v) is 5.90. The number of hydrogen-bond acceptors (Lipinski definition) is 8. The maximum atomic E-state index is 12.3. The van der Waals surface area contributed by atoms with Gasteiger partial charge in [-0.15, -0.1) is 0 Å². The van der Waals surface area contributed by atoms with E-state index in [1.807, 2.05) is 0 Å². The molecule has 1 aliphatic rings. The van der Waals surface area contributed by atoms with Crippen molar-refractivity contribution >= 4 is 33.6 Å². The van der Waals surface area contributed by atoms with Gasteiger partial charge in [0.25, 0.3) is 0 Å². The monoisotopic (exact) mass is 382 g/mol. The summed E-state index contributed by atoms with van der Waals surface area (Å²) in [4.78, 5) is 24.5. The van der Waals surface area contributed by atoms with Crippen LogP contribution < -0.4 is 16.6 Å². The lowest BCUT2D eigenvalue weighted by atomic mass is 10.0. The Balaban J connectivity index is 1.87. The van der Waals surface area contributed by atoms with Gasteiger partial charge in [0.05, 0.1) is 10.7 Å². The first-order chi connectivity index (χ1) is 11.1. The Morgan fingerprint density at radius 2 is 2.30 bits per heavy atom. The van der Waals surface area contributed by atoms with Crippen molar-refractivity contribution in [2.45, 2.75) is 12.8 Å². The van der Waals surface area contributed by atoms with Gasteiger partial charge in [-0.25, -0.2) is 20.8 Å². The largest absolute Gasteiger partial charge is 0.443 e. The van der Waals surface area contributed by atoms with E-state index in [9.17, 15) is 4.79 Å². The van der Waals surface area contributed by atoms with Gasteiger partial charge in [0, 0.05) is 19.6 Å². The zero-order valence-corrected chi connectivity index (χ0v) is 13.7. The molecule has 1 unspecified atom stereocenters. The molecule has 9 nitrogen and oxygen atoms in total. The summed E-state index contributed by atoms with van der Waals surface area (Å²) in [5.41, 5.74) is 6.03. The third-order valence-electron chi connectivity index (χ3n) is 3.47. The van der Waals surface area contributed by atoms with Crippen LogP contribution in [0.1, 0.15) is 12.8 Å². The zero-order chi connectivity index (χ0) is 16.4. The van der Waals surface area contributed by atoms with E-state index in [2.05, 4.69) is 30.9 Å². The molecule has 1 fully saturated rings. The van der Waals surface area contributed by atoms with Crippen LogP contribution in [0.15, 0.2) is 21.3 Å². The molecule has 1 atom stereocenters. The van der Waals surface area contributed by atoms with Crippen LogP contribution in [0, 0.1) is 5.92 Å². The van der Waals surface area contributed by atoms with Gasteiger partial charge >= 0.3 is 0 Å². The number of ether oxygens (including phenoxy) is 1. The Kier molecular flexibility index (Phi) is 4.55. The highest BCUT2D eigenvalue weighted by molar-refractivity contribution is 9.10. The van der Waals surface area contributed by atoms with E-state index < -0.39 is 0 Å². The summed E-state index contributed by atoms with van der Waals surface area (Å²) in [6, 6.07) is 0. The van der Waals surface area contributed by atoms with Crippen LogP contribution in [0.2, 0.25) is 0 Å². The lowest BCUT2D eigenvalue weighted by molar-refractivity contribution is -0.119. The SMILES string of the molecule is Nc1nc(-c2ncco2)c(Br)c(N(N)C(=O)CC2CCOC2)n1. The molecule has 1 aliphatic heterocycles. The predicted octanol–water partition coefficient (Wildman–Crippen LogP) is 1.11. The van der Waals surface area contributed by atoms with Gasteiger partial charge in [-0.2, -0.15) is 4.98 Å². The Morgan fingerprint density at radius 3 is 2.96 bits per heavy atom. The van der Waals surface area contributed by atoms with Gasteiger partial charge in [0.2, 0.25) is 17.7 Å². The quantitative estimate of drug-likeness (QED) is 0.456. The Labute approximate surface area is 140 Å². The number of oxazole rings is 1. The average Bonchev–Trinajstić information content (AvgIpc) is 3.21. The van der Waals surface area contributed by atoms with Crippen molar-refractivity contribution in [1.82, 2.24) is 15.0 Å². The number of nitrogens with two attached hydrogens (primary N) is 2. The second-order valence-electron chi connectivity index (χ2n) is 5.10. The predicted molar refractivity (Wildman–Crippen MR) is 84.9 cm³/mol. The van der Waals surface area contributed by atoms with E-state index in [1.54, 1.807) is 0 Å². The molecule has 0 bridgehead atoms. The van der Waals surface area contributed by atoms with Gasteiger partial charge in [-0.1, -0.05) is 0 Å². The number of carbonyl (C=O) groups is 1. The number of nitrogen functional groups attached to an aromatic ring is 1. The third kappa shape index (κ3) is 3.33. The molecule has 0 radical (unpaired) electrons. The number of anilines is 2. The minimum absolute atomic E-state index is 0.0381. The molecule has 3 heterocycles. The lowest BCUT2D eigenvalue weighted by Crippen LogP contribution is -2.39. The van der Waals surface area contributed by atoms with Crippen molar-refractivity contribution in [3.63, 3.8) is 0 Å². The molecular formula is C13H15BrN6O3. The van der Waals surface area contributed by atoms with E-state index >= 15 is 0 Å². The molecular weight excluding hydrogens is 368 g/mol. The number of amides is 1. The maximum Gasteiger partial charge on any atom is 0.246 e. The van der Waals surface area contributed by atoms with Crippen LogP contribution in [0.5, 0.6) is 0 Å². The van der Waals surface area contributed by atoms with Crippen LogP contribution in [0.3, 0.4) is 0 Å². The van der Waals surface area contributed by atoms with E-state index in [-0.39, 0.29) is 35.9 Å². The number of hydrogen-bond donors (Lipinski definition) is 2. The van der Waals surface area contributed by atoms with Gasteiger partial charge in [0.15, 0.2) is 5.82 Å². The normalized spacial score (nSPS) is 17.4. The first-order valence-corrected chi connectivity index (χ1v) is 7.74. The highest BCUT2D eigenvalue weighted by Crippen LogP contribution is 2.33. The Morgan fingerprint density at radius 1 is 1.48 bits per heavy atom. The van der Waals surface area contributed by atoms with E-state index in [4.69, 9.17) is 20.7 Å². The van der Waals surface area contributed by atoms with Crippen LogP contribution >= 0.6 is 15.9 Å². The lowest BCUT2D eigenvalue weighted by Gasteiger charge is -2.19. The molecule has 0 aromatic carbocycles. The number of halogens is 1. The summed E-state index contributed by atoms with van der Waals surface area (Å²) >= 11 is 3.34. The summed E-state index contributed by atoms with van der Waals surface area (Å²) in [6.45, 7) is 1.23. The molecule has 10 heteroatoms. The molecule has 2 aromatic rings. The maximum absolute atomic E-state index is 12.3. The van der Waals surface area contributed by atoms with Crippen LogP contribution in [-0.2, 0) is 9.53 Å². The van der Waals surface area contributed by atoms with Crippen molar-refractivity contribution in [1.29, 1.82) is 0 Å². The second kappa shape index (κ2) is 6.60. The fraction of sp³-hybridized carbons (Fsp3) is 0.385. The van der Waals surface area contributed by atoms with Crippen molar-refractivity contribution < 1.29 is 13.9 Å². The summed E-state index contributed by atoms with van der Waals surface area (Å²) in [5.74, 6) is 6.18. The molecule has 3 rings (SSSR count). The first kappa shape index (κ1) is 15.8. The number of rotatable bonds is 4. The van der Waals surface area contributed by atoms with Crippen molar-refractivity contribution in [3.05, 3.63) is 16.9 Å². The molecule has 0 saturated carbocycles. The highest BCUT2D eigenvalue weighted by atomic mass is 79.9. The zero-order valence-electron chi connectivity index (χ0n) is 12.1. The topological polar surface area (TPSA) is 133 Å². The molecule has 0 aliphatic carbocycles. The van der Waals surface area contributed by atoms with Gasteiger partial charge in [0.1, 0.15) is 12.0 Å². The Bertz CT molecular complexity index is 702. The molecule has 4 N–H and O–H groups in total. The van der Waals surface area contributed by atoms with E-state index in [0.717, 1.165) is 11.4 Å². The highest BCUT2D eigenvalue weighted by Gasteiger charge is 2.26. The number of aromatic nitrogens is 3. The van der Waals surface area contributed by atoms with Gasteiger partial charge in [-0.3, -0.25) is 4.79 Å². The summed E-state index contributed by atoms with van der Waals surface area (Å²) in [6.07, 6.45) is 4.01. The molecule has 2 aromatic heterocycles. The van der Waals surface area contributed by atoms with Crippen LogP contribution in [0.4, 0.5) is 11.8 Å². The molecule has 0 spiro atoms. The molecule has 1 saturated heterocycles. The number of nitrogens with zero attached hydrogens (tertiary/aromatic N) is 4. The average molecular weight is 383 g/mol. The van der Waals surface area contributed by atoms with E-state index in [1.165, 1.54) is 12.5 Å². The number of carbonyl (C=O) groups excluding carboxylic acids is 1. The standard InChI is InChI=1S/C13H15BrN6O3/c14-9-10(12-17-2-4-23-12)18-13(15)19-11(9)20(16)8(21)5-7-1-3-22-6-7/h2,4,7H,1,3,5-6,16H2,(H2,15,18,19). The molecule has 1 amide bonds. The minimum Gasteiger partial charge on any atom is -0.443 e. The van der Waals surface area contributed by atoms with Crippen LogP contribution in [-0.4, -0.2) is 34.1 Å². The summed E-state index contributed by atoms with van der Waals surface area (Å²) in [7, 11) is 0. The fourth-order valence-corrected chi connectivity index (χ4v) is 2.84. The third-order valence-corrected chi connectivity index (χ3v) is 4.20. The smallest absolute Gasteiger partial charge is 0.246 e. The fourth-order valence-electron chi connectivity index (χ4n) is 2.30.